The van der Waals surface area contributed by atoms with E-state index in [1.165, 1.54) is 0 Å². The smallest absolute Gasteiger partial charge is 0.240 e. The van der Waals surface area contributed by atoms with Gasteiger partial charge in [-0.05, 0) is 68.3 Å². The molecule has 0 spiro atoms. The van der Waals surface area contributed by atoms with Crippen LogP contribution in [0.25, 0.3) is 0 Å². The van der Waals surface area contributed by atoms with Gasteiger partial charge in [-0.3, -0.25) is 0 Å². The maximum atomic E-state index is 12.7. The van der Waals surface area contributed by atoms with E-state index in [4.69, 9.17) is 9.47 Å². The van der Waals surface area contributed by atoms with Crippen molar-refractivity contribution in [1.82, 2.24) is 14.7 Å². The molecule has 0 amide bonds. The molecule has 0 radical (unpaired) electrons. The van der Waals surface area contributed by atoms with Crippen molar-refractivity contribution in [3.05, 3.63) is 59.3 Å². The molecule has 0 saturated heterocycles. The van der Waals surface area contributed by atoms with Gasteiger partial charge in [-0.1, -0.05) is 0 Å². The monoisotopic (exact) mass is 471 g/mol. The van der Waals surface area contributed by atoms with Crippen LogP contribution in [0.4, 0.5) is 17.5 Å². The molecule has 0 fully saturated rings. The molecule has 176 valence electrons. The first-order chi connectivity index (χ1) is 15.7. The molecular formula is C23H29N5O4S. The van der Waals surface area contributed by atoms with Crippen LogP contribution < -0.4 is 24.8 Å². The van der Waals surface area contributed by atoms with Crippen molar-refractivity contribution in [2.75, 3.05) is 37.9 Å². The predicted octanol–water partition coefficient (Wildman–Crippen LogP) is 3.55. The third-order valence-corrected chi connectivity index (χ3v) is 6.72. The SMILES string of the molecule is COc1ccc(Nc2cc(C)nc(NCCNS(=O)(=O)c3ccc(OC)c(C)c3C)n2)cc1. The second kappa shape index (κ2) is 10.5. The van der Waals surface area contributed by atoms with Gasteiger partial charge in [-0.2, -0.15) is 4.98 Å². The number of sulfonamides is 1. The van der Waals surface area contributed by atoms with E-state index in [1.54, 1.807) is 33.3 Å². The lowest BCUT2D eigenvalue weighted by Gasteiger charge is -2.14. The van der Waals surface area contributed by atoms with E-state index >= 15 is 0 Å². The minimum atomic E-state index is -3.66. The molecule has 33 heavy (non-hydrogen) atoms. The minimum absolute atomic E-state index is 0.172. The summed E-state index contributed by atoms with van der Waals surface area (Å²) in [6, 6.07) is 12.5. The molecule has 0 aliphatic heterocycles. The van der Waals surface area contributed by atoms with Gasteiger partial charge in [-0.25, -0.2) is 18.1 Å². The Bertz CT molecular complexity index is 1210. The molecule has 0 saturated carbocycles. The first-order valence-corrected chi connectivity index (χ1v) is 11.9. The minimum Gasteiger partial charge on any atom is -0.497 e. The largest absolute Gasteiger partial charge is 0.497 e. The molecule has 1 heterocycles. The summed E-state index contributed by atoms with van der Waals surface area (Å²) in [4.78, 5) is 9.05. The number of ether oxygens (including phenoxy) is 2. The topological polar surface area (TPSA) is 114 Å². The van der Waals surface area contributed by atoms with Crippen LogP contribution in [-0.2, 0) is 10.0 Å². The molecule has 10 heteroatoms. The predicted molar refractivity (Wildman–Crippen MR) is 129 cm³/mol. The first-order valence-electron chi connectivity index (χ1n) is 10.4. The number of anilines is 3. The summed E-state index contributed by atoms with van der Waals surface area (Å²) >= 11 is 0. The molecule has 3 aromatic rings. The zero-order valence-electron chi connectivity index (χ0n) is 19.4. The van der Waals surface area contributed by atoms with Crippen molar-refractivity contribution in [2.24, 2.45) is 0 Å². The summed E-state index contributed by atoms with van der Waals surface area (Å²) in [7, 11) is -0.485. The van der Waals surface area contributed by atoms with Crippen LogP contribution in [0.15, 0.2) is 47.4 Å². The average molecular weight is 472 g/mol. The molecule has 1 aromatic heterocycles. The molecule has 3 N–H and O–H groups in total. The van der Waals surface area contributed by atoms with Crippen LogP contribution in [0.2, 0.25) is 0 Å². The van der Waals surface area contributed by atoms with Gasteiger partial charge in [0.05, 0.1) is 19.1 Å². The maximum Gasteiger partial charge on any atom is 0.240 e. The molecule has 9 nitrogen and oxygen atoms in total. The first kappa shape index (κ1) is 24.3. The third kappa shape index (κ3) is 6.11. The highest BCUT2D eigenvalue weighted by Gasteiger charge is 2.19. The van der Waals surface area contributed by atoms with Crippen LogP contribution in [-0.4, -0.2) is 45.7 Å². The van der Waals surface area contributed by atoms with Crippen molar-refractivity contribution < 1.29 is 17.9 Å². The fourth-order valence-electron chi connectivity index (χ4n) is 3.25. The van der Waals surface area contributed by atoms with Gasteiger partial charge < -0.3 is 20.1 Å². The van der Waals surface area contributed by atoms with Gasteiger partial charge in [0, 0.05) is 30.5 Å². The van der Waals surface area contributed by atoms with Gasteiger partial charge in [0.2, 0.25) is 16.0 Å². The summed E-state index contributed by atoms with van der Waals surface area (Å²) in [6.07, 6.45) is 0. The number of nitrogens with zero attached hydrogens (tertiary/aromatic N) is 2. The number of hydrogen-bond acceptors (Lipinski definition) is 8. The fourth-order valence-corrected chi connectivity index (χ4v) is 4.58. The molecule has 3 rings (SSSR count). The number of hydrogen-bond donors (Lipinski definition) is 3. The average Bonchev–Trinajstić information content (AvgIpc) is 2.78. The Balaban J connectivity index is 1.60. The van der Waals surface area contributed by atoms with Gasteiger partial charge in [0.25, 0.3) is 0 Å². The summed E-state index contributed by atoms with van der Waals surface area (Å²) in [5, 5.41) is 6.29. The summed E-state index contributed by atoms with van der Waals surface area (Å²) < 4.78 is 38.5. The Morgan fingerprint density at radius 1 is 0.879 bits per heavy atom. The summed E-state index contributed by atoms with van der Waals surface area (Å²) in [5.74, 6) is 2.45. The van der Waals surface area contributed by atoms with Crippen molar-refractivity contribution in [3.63, 3.8) is 0 Å². The highest BCUT2D eigenvalue weighted by Crippen LogP contribution is 2.26. The highest BCUT2D eigenvalue weighted by atomic mass is 32.2. The fraction of sp³-hybridized carbons (Fsp3) is 0.304. The van der Waals surface area contributed by atoms with Crippen LogP contribution in [0.3, 0.4) is 0 Å². The van der Waals surface area contributed by atoms with E-state index in [1.807, 2.05) is 44.2 Å². The van der Waals surface area contributed by atoms with E-state index in [9.17, 15) is 8.42 Å². The number of methoxy groups -OCH3 is 2. The molecular weight excluding hydrogens is 442 g/mol. The molecule has 0 unspecified atom stereocenters. The van der Waals surface area contributed by atoms with Gasteiger partial charge >= 0.3 is 0 Å². The molecule has 0 atom stereocenters. The van der Waals surface area contributed by atoms with Crippen molar-refractivity contribution >= 4 is 27.5 Å². The lowest BCUT2D eigenvalue weighted by atomic mass is 10.1. The Hall–Kier alpha value is -3.37. The van der Waals surface area contributed by atoms with E-state index in [0.29, 0.717) is 29.6 Å². The number of aromatic nitrogens is 2. The highest BCUT2D eigenvalue weighted by molar-refractivity contribution is 7.89. The molecule has 0 aliphatic carbocycles. The van der Waals surface area contributed by atoms with Crippen LogP contribution in [0.5, 0.6) is 11.5 Å². The second-order valence-electron chi connectivity index (χ2n) is 7.41. The van der Waals surface area contributed by atoms with E-state index in [-0.39, 0.29) is 11.4 Å². The normalized spacial score (nSPS) is 11.2. The van der Waals surface area contributed by atoms with Crippen LogP contribution in [0, 0.1) is 20.8 Å². The standard InChI is InChI=1S/C23H29N5O4S/c1-15-14-22(27-18-6-8-19(31-4)9-7-18)28-23(26-15)24-12-13-25-33(29,30)21-11-10-20(32-5)16(2)17(21)3/h6-11,14,25H,12-13H2,1-5H3,(H2,24,26,27,28). The third-order valence-electron chi connectivity index (χ3n) is 5.11. The molecule has 0 aliphatic rings. The van der Waals surface area contributed by atoms with Crippen molar-refractivity contribution in [2.45, 2.75) is 25.7 Å². The van der Waals surface area contributed by atoms with Gasteiger partial charge in [0.1, 0.15) is 17.3 Å². The Morgan fingerprint density at radius 3 is 2.27 bits per heavy atom. The lowest BCUT2D eigenvalue weighted by molar-refractivity contribution is 0.410. The van der Waals surface area contributed by atoms with Gasteiger partial charge in [0.15, 0.2) is 0 Å². The van der Waals surface area contributed by atoms with E-state index in [0.717, 1.165) is 22.7 Å². The Morgan fingerprint density at radius 2 is 1.61 bits per heavy atom. The van der Waals surface area contributed by atoms with E-state index in [2.05, 4.69) is 25.3 Å². The Kier molecular flexibility index (Phi) is 7.72. The zero-order chi connectivity index (χ0) is 24.0. The van der Waals surface area contributed by atoms with Crippen molar-refractivity contribution in [3.8, 4) is 11.5 Å². The summed E-state index contributed by atoms with van der Waals surface area (Å²) in [6.45, 7) is 5.96. The van der Waals surface area contributed by atoms with Crippen LogP contribution in [0.1, 0.15) is 16.8 Å². The molecule has 0 bridgehead atoms. The van der Waals surface area contributed by atoms with Crippen molar-refractivity contribution in [1.29, 1.82) is 0 Å². The lowest BCUT2D eigenvalue weighted by Crippen LogP contribution is -2.30. The maximum absolute atomic E-state index is 12.7. The summed E-state index contributed by atoms with van der Waals surface area (Å²) in [5.41, 5.74) is 3.08. The number of nitrogens with one attached hydrogen (secondary N) is 3. The Labute approximate surface area is 194 Å². The molecule has 2 aromatic carbocycles. The number of aryl methyl sites for hydroxylation is 1. The number of benzene rings is 2. The number of rotatable bonds is 10. The van der Waals surface area contributed by atoms with E-state index < -0.39 is 10.0 Å². The zero-order valence-corrected chi connectivity index (χ0v) is 20.2. The second-order valence-corrected chi connectivity index (χ2v) is 9.15. The van der Waals surface area contributed by atoms with Crippen LogP contribution >= 0.6 is 0 Å². The quantitative estimate of drug-likeness (QED) is 0.385. The van der Waals surface area contributed by atoms with Gasteiger partial charge in [-0.15, -0.1) is 0 Å².